The number of aryl methyl sites for hydroxylation is 2. The monoisotopic (exact) mass is 357 g/mol. The Kier molecular flexibility index (Phi) is 5.37. The van der Waals surface area contributed by atoms with Gasteiger partial charge < -0.3 is 0 Å². The van der Waals surface area contributed by atoms with Crippen LogP contribution in [0.5, 0.6) is 0 Å². The lowest BCUT2D eigenvalue weighted by atomic mass is 10.1. The third-order valence-corrected chi connectivity index (χ3v) is 5.53. The summed E-state index contributed by atoms with van der Waals surface area (Å²) in [5.41, 5.74) is 9.09. The molecular formula is C18H19N3OS2. The molecular weight excluding hydrogens is 338 g/mol. The molecule has 0 spiro atoms. The molecule has 0 radical (unpaired) electrons. The number of rotatable bonds is 6. The van der Waals surface area contributed by atoms with Crippen molar-refractivity contribution in [3.63, 3.8) is 0 Å². The fraction of sp³-hybridized carbons (Fsp3) is 0.222. The number of nitrogens with one attached hydrogen (secondary N) is 2. The van der Waals surface area contributed by atoms with Crippen molar-refractivity contribution in [1.29, 1.82) is 0 Å². The molecule has 0 fully saturated rings. The molecule has 2 N–H and O–H groups in total. The molecule has 124 valence electrons. The Morgan fingerprint density at radius 3 is 2.75 bits per heavy atom. The highest BCUT2D eigenvalue weighted by molar-refractivity contribution is 8.00. The summed E-state index contributed by atoms with van der Waals surface area (Å²) in [6, 6.07) is 14.3. The molecule has 24 heavy (non-hydrogen) atoms. The molecule has 0 saturated heterocycles. The third-order valence-electron chi connectivity index (χ3n) is 3.58. The van der Waals surface area contributed by atoms with E-state index in [1.807, 2.05) is 43.3 Å². The third kappa shape index (κ3) is 4.07. The molecule has 0 unspecified atom stereocenters. The Balaban J connectivity index is 1.55. The van der Waals surface area contributed by atoms with Gasteiger partial charge in [-0.3, -0.25) is 15.6 Å². The maximum atomic E-state index is 12.0. The first-order valence-electron chi connectivity index (χ1n) is 7.78. The van der Waals surface area contributed by atoms with E-state index in [1.165, 1.54) is 22.9 Å². The minimum absolute atomic E-state index is 0.0736. The van der Waals surface area contributed by atoms with Crippen LogP contribution in [0.4, 0.5) is 5.13 Å². The minimum Gasteiger partial charge on any atom is -0.273 e. The Morgan fingerprint density at radius 2 is 2.00 bits per heavy atom. The summed E-state index contributed by atoms with van der Waals surface area (Å²) in [6.45, 7) is 4.17. The largest absolute Gasteiger partial charge is 0.273 e. The van der Waals surface area contributed by atoms with Gasteiger partial charge in [0.05, 0.1) is 16.0 Å². The number of amides is 1. The van der Waals surface area contributed by atoms with Gasteiger partial charge in [-0.2, -0.15) is 0 Å². The number of aromatic nitrogens is 1. The molecule has 3 aromatic rings. The summed E-state index contributed by atoms with van der Waals surface area (Å²) in [5.74, 6) is 0.289. The van der Waals surface area contributed by atoms with Crippen LogP contribution in [0.1, 0.15) is 18.1 Å². The molecule has 0 aliphatic carbocycles. The molecule has 0 bridgehead atoms. The quantitative estimate of drug-likeness (QED) is 0.507. The van der Waals surface area contributed by atoms with E-state index in [9.17, 15) is 4.79 Å². The number of nitrogens with zero attached hydrogens (tertiary/aromatic N) is 1. The zero-order valence-corrected chi connectivity index (χ0v) is 15.3. The van der Waals surface area contributed by atoms with Gasteiger partial charge in [0, 0.05) is 4.90 Å². The summed E-state index contributed by atoms with van der Waals surface area (Å²) in [7, 11) is 0. The standard InChI is InChI=1S/C18H19N3OS2/c1-3-13-5-4-6-15-17(13)19-18(24-15)21-20-16(22)11-23-14-9-7-12(2)8-10-14/h4-10H,3,11H2,1-2H3,(H,19,21)(H,20,22). The van der Waals surface area contributed by atoms with Crippen molar-refractivity contribution in [3.05, 3.63) is 53.6 Å². The Morgan fingerprint density at radius 1 is 1.21 bits per heavy atom. The highest BCUT2D eigenvalue weighted by atomic mass is 32.2. The molecule has 1 heterocycles. The van der Waals surface area contributed by atoms with Crippen LogP contribution < -0.4 is 10.9 Å². The SMILES string of the molecule is CCc1cccc2sc(NNC(=O)CSc3ccc(C)cc3)nc12. The van der Waals surface area contributed by atoms with Crippen LogP contribution in [-0.2, 0) is 11.2 Å². The van der Waals surface area contributed by atoms with Gasteiger partial charge in [0.15, 0.2) is 0 Å². The summed E-state index contributed by atoms with van der Waals surface area (Å²) in [4.78, 5) is 17.6. The van der Waals surface area contributed by atoms with Crippen molar-refractivity contribution in [1.82, 2.24) is 10.4 Å². The fourth-order valence-corrected chi connectivity index (χ4v) is 3.85. The molecule has 3 rings (SSSR count). The second-order valence-electron chi connectivity index (χ2n) is 5.41. The van der Waals surface area contributed by atoms with Crippen LogP contribution in [0, 0.1) is 6.92 Å². The predicted molar refractivity (Wildman–Crippen MR) is 103 cm³/mol. The van der Waals surface area contributed by atoms with Gasteiger partial charge in [0.25, 0.3) is 0 Å². The van der Waals surface area contributed by atoms with Crippen LogP contribution in [-0.4, -0.2) is 16.6 Å². The van der Waals surface area contributed by atoms with Crippen LogP contribution in [0.15, 0.2) is 47.4 Å². The fourth-order valence-electron chi connectivity index (χ4n) is 2.29. The van der Waals surface area contributed by atoms with Crippen molar-refractivity contribution in [2.75, 3.05) is 11.2 Å². The summed E-state index contributed by atoms with van der Waals surface area (Å²) in [6.07, 6.45) is 0.945. The number of hydrazine groups is 1. The van der Waals surface area contributed by atoms with Gasteiger partial charge in [-0.15, -0.1) is 11.8 Å². The molecule has 2 aromatic carbocycles. The summed E-state index contributed by atoms with van der Waals surface area (Å²) >= 11 is 3.06. The molecule has 1 aromatic heterocycles. The first kappa shape index (κ1) is 16.8. The summed E-state index contributed by atoms with van der Waals surface area (Å²) in [5, 5.41) is 0.708. The van der Waals surface area contributed by atoms with E-state index in [-0.39, 0.29) is 5.91 Å². The van der Waals surface area contributed by atoms with Gasteiger partial charge >= 0.3 is 0 Å². The number of hydrogen-bond donors (Lipinski definition) is 2. The van der Waals surface area contributed by atoms with Crippen LogP contribution in [0.25, 0.3) is 10.2 Å². The smallest absolute Gasteiger partial charge is 0.248 e. The number of fused-ring (bicyclic) bond motifs is 1. The Hall–Kier alpha value is -2.05. The van der Waals surface area contributed by atoms with Gasteiger partial charge in [0.1, 0.15) is 0 Å². The van der Waals surface area contributed by atoms with Gasteiger partial charge in [0.2, 0.25) is 11.0 Å². The first-order chi connectivity index (χ1) is 11.7. The van der Waals surface area contributed by atoms with E-state index in [0.717, 1.165) is 21.5 Å². The van der Waals surface area contributed by atoms with Crippen molar-refractivity contribution < 1.29 is 4.79 Å². The zero-order chi connectivity index (χ0) is 16.9. The average molecular weight is 358 g/mol. The van der Waals surface area contributed by atoms with E-state index < -0.39 is 0 Å². The number of para-hydroxylation sites is 1. The number of anilines is 1. The highest BCUT2D eigenvalue weighted by Crippen LogP contribution is 2.28. The predicted octanol–water partition coefficient (Wildman–Crippen LogP) is 4.40. The molecule has 0 saturated carbocycles. The lowest BCUT2D eigenvalue weighted by Crippen LogP contribution is -2.30. The second-order valence-corrected chi connectivity index (χ2v) is 7.49. The number of hydrogen-bond acceptors (Lipinski definition) is 5. The van der Waals surface area contributed by atoms with Crippen molar-refractivity contribution in [3.8, 4) is 0 Å². The zero-order valence-electron chi connectivity index (χ0n) is 13.6. The van der Waals surface area contributed by atoms with E-state index >= 15 is 0 Å². The Labute approximate surface area is 149 Å². The van der Waals surface area contributed by atoms with Crippen molar-refractivity contribution in [2.24, 2.45) is 0 Å². The van der Waals surface area contributed by atoms with Gasteiger partial charge in [-0.05, 0) is 37.1 Å². The number of thioether (sulfide) groups is 1. The van der Waals surface area contributed by atoms with Crippen LogP contribution >= 0.6 is 23.1 Å². The van der Waals surface area contributed by atoms with Crippen LogP contribution in [0.2, 0.25) is 0 Å². The number of carbonyl (C=O) groups is 1. The minimum atomic E-state index is -0.0736. The van der Waals surface area contributed by atoms with E-state index in [2.05, 4.69) is 28.8 Å². The maximum absolute atomic E-state index is 12.0. The van der Waals surface area contributed by atoms with E-state index in [0.29, 0.717) is 10.9 Å². The number of benzene rings is 2. The number of carbonyl (C=O) groups excluding carboxylic acids is 1. The lowest BCUT2D eigenvalue weighted by molar-refractivity contribution is -0.118. The molecule has 4 nitrogen and oxygen atoms in total. The van der Waals surface area contributed by atoms with E-state index in [1.54, 1.807) is 11.3 Å². The molecule has 0 aliphatic heterocycles. The summed E-state index contributed by atoms with van der Waals surface area (Å²) < 4.78 is 1.13. The van der Waals surface area contributed by atoms with Crippen molar-refractivity contribution in [2.45, 2.75) is 25.2 Å². The van der Waals surface area contributed by atoms with Gasteiger partial charge in [-0.1, -0.05) is 48.1 Å². The van der Waals surface area contributed by atoms with Crippen molar-refractivity contribution >= 4 is 44.4 Å². The van der Waals surface area contributed by atoms with E-state index in [4.69, 9.17) is 0 Å². The first-order valence-corrected chi connectivity index (χ1v) is 9.58. The topological polar surface area (TPSA) is 54.0 Å². The lowest BCUT2D eigenvalue weighted by Gasteiger charge is -2.05. The average Bonchev–Trinajstić information content (AvgIpc) is 3.02. The second kappa shape index (κ2) is 7.68. The molecule has 0 aliphatic rings. The normalized spacial score (nSPS) is 10.8. The van der Waals surface area contributed by atoms with Gasteiger partial charge in [-0.25, -0.2) is 4.98 Å². The number of thiazole rings is 1. The highest BCUT2D eigenvalue weighted by Gasteiger charge is 2.08. The molecule has 0 atom stereocenters. The molecule has 1 amide bonds. The maximum Gasteiger partial charge on any atom is 0.248 e. The van der Waals surface area contributed by atoms with Crippen LogP contribution in [0.3, 0.4) is 0 Å². The molecule has 6 heteroatoms. The Bertz CT molecular complexity index is 843.